The summed E-state index contributed by atoms with van der Waals surface area (Å²) in [7, 11) is 0. The van der Waals surface area contributed by atoms with Crippen LogP contribution in [-0.2, 0) is 19.6 Å². The first kappa shape index (κ1) is 21.6. The van der Waals surface area contributed by atoms with E-state index in [1.54, 1.807) is 27.8 Å². The Morgan fingerprint density at radius 3 is 2.38 bits per heavy atom. The van der Waals surface area contributed by atoms with E-state index in [1.807, 2.05) is 42.5 Å². The number of halogens is 1. The number of carbonyl (C=O) groups is 2. The molecular formula is C27H23FN4O2. The third kappa shape index (κ3) is 4.45. The van der Waals surface area contributed by atoms with Gasteiger partial charge in [-0.3, -0.25) is 14.3 Å². The van der Waals surface area contributed by atoms with Crippen LogP contribution in [0.15, 0.2) is 84.9 Å². The average molecular weight is 455 g/mol. The van der Waals surface area contributed by atoms with Crippen molar-refractivity contribution in [2.75, 3.05) is 6.54 Å². The summed E-state index contributed by atoms with van der Waals surface area (Å²) in [6.07, 6.45) is 0. The monoisotopic (exact) mass is 454 g/mol. The van der Waals surface area contributed by atoms with Crippen molar-refractivity contribution in [1.29, 1.82) is 0 Å². The second-order valence-corrected chi connectivity index (χ2v) is 8.20. The van der Waals surface area contributed by atoms with E-state index in [0.29, 0.717) is 30.9 Å². The highest BCUT2D eigenvalue weighted by Gasteiger charge is 2.28. The lowest BCUT2D eigenvalue weighted by Gasteiger charge is -2.27. The maximum absolute atomic E-state index is 14.0. The number of aromatic nitrogens is 2. The lowest BCUT2D eigenvalue weighted by atomic mass is 10.0. The molecule has 5 rings (SSSR count). The van der Waals surface area contributed by atoms with Crippen LogP contribution >= 0.6 is 0 Å². The van der Waals surface area contributed by atoms with Gasteiger partial charge in [-0.05, 0) is 22.8 Å². The van der Waals surface area contributed by atoms with Crippen molar-refractivity contribution in [3.63, 3.8) is 0 Å². The lowest BCUT2D eigenvalue weighted by Crippen LogP contribution is -2.40. The van der Waals surface area contributed by atoms with E-state index in [1.165, 1.54) is 12.1 Å². The van der Waals surface area contributed by atoms with Gasteiger partial charge in [-0.2, -0.15) is 5.10 Å². The molecule has 0 aliphatic carbocycles. The van der Waals surface area contributed by atoms with Crippen LogP contribution < -0.4 is 5.32 Å². The number of nitrogens with one attached hydrogen (secondary N) is 1. The molecule has 0 spiro atoms. The molecule has 0 radical (unpaired) electrons. The molecule has 3 aromatic carbocycles. The Morgan fingerprint density at radius 1 is 0.912 bits per heavy atom. The smallest absolute Gasteiger partial charge is 0.272 e. The van der Waals surface area contributed by atoms with Crippen molar-refractivity contribution in [2.24, 2.45) is 0 Å². The minimum atomic E-state index is -0.345. The highest BCUT2D eigenvalue weighted by atomic mass is 19.1. The first-order chi connectivity index (χ1) is 16.6. The Hall–Kier alpha value is -4.26. The van der Waals surface area contributed by atoms with Gasteiger partial charge in [-0.1, -0.05) is 72.8 Å². The second kappa shape index (κ2) is 9.31. The van der Waals surface area contributed by atoms with E-state index in [-0.39, 0.29) is 29.9 Å². The maximum atomic E-state index is 14.0. The van der Waals surface area contributed by atoms with Crippen LogP contribution in [0.4, 0.5) is 4.39 Å². The molecule has 0 fully saturated rings. The van der Waals surface area contributed by atoms with Crippen molar-refractivity contribution < 1.29 is 14.0 Å². The fourth-order valence-electron chi connectivity index (χ4n) is 4.05. The molecule has 6 nitrogen and oxygen atoms in total. The van der Waals surface area contributed by atoms with Crippen LogP contribution in [0.25, 0.3) is 11.1 Å². The van der Waals surface area contributed by atoms with E-state index in [9.17, 15) is 14.0 Å². The van der Waals surface area contributed by atoms with Crippen molar-refractivity contribution in [1.82, 2.24) is 20.0 Å². The van der Waals surface area contributed by atoms with Crippen LogP contribution in [0.5, 0.6) is 0 Å². The van der Waals surface area contributed by atoms with Crippen LogP contribution in [-0.4, -0.2) is 33.0 Å². The Bertz CT molecular complexity index is 1330. The molecule has 0 saturated carbocycles. The van der Waals surface area contributed by atoms with Crippen molar-refractivity contribution in [2.45, 2.75) is 19.6 Å². The van der Waals surface area contributed by atoms with Gasteiger partial charge in [-0.25, -0.2) is 4.39 Å². The lowest BCUT2D eigenvalue weighted by molar-refractivity contribution is 0.0681. The van der Waals surface area contributed by atoms with E-state index in [2.05, 4.69) is 22.5 Å². The zero-order valence-corrected chi connectivity index (χ0v) is 18.4. The van der Waals surface area contributed by atoms with Crippen LogP contribution in [0, 0.1) is 5.82 Å². The minimum Gasteiger partial charge on any atom is -0.347 e. The van der Waals surface area contributed by atoms with Gasteiger partial charge < -0.3 is 10.2 Å². The van der Waals surface area contributed by atoms with E-state index in [0.717, 1.165) is 16.7 Å². The zero-order chi connectivity index (χ0) is 23.5. The van der Waals surface area contributed by atoms with Gasteiger partial charge in [0.25, 0.3) is 11.8 Å². The Labute approximate surface area is 196 Å². The molecule has 0 saturated heterocycles. The number of nitrogens with zero attached hydrogens (tertiary/aromatic N) is 3. The molecule has 0 atom stereocenters. The van der Waals surface area contributed by atoms with Crippen LogP contribution in [0.2, 0.25) is 0 Å². The Kier molecular flexibility index (Phi) is 5.91. The fraction of sp³-hybridized carbons (Fsp3) is 0.148. The van der Waals surface area contributed by atoms with E-state index >= 15 is 0 Å². The van der Waals surface area contributed by atoms with Gasteiger partial charge in [0, 0.05) is 31.3 Å². The van der Waals surface area contributed by atoms with Crippen LogP contribution in [0.3, 0.4) is 0 Å². The molecule has 2 amide bonds. The van der Waals surface area contributed by atoms with E-state index < -0.39 is 0 Å². The number of hydrogen-bond donors (Lipinski definition) is 1. The summed E-state index contributed by atoms with van der Waals surface area (Å²) in [4.78, 5) is 27.2. The summed E-state index contributed by atoms with van der Waals surface area (Å²) in [6, 6.07) is 26.0. The molecule has 1 aromatic heterocycles. The van der Waals surface area contributed by atoms with Crippen LogP contribution in [0.1, 0.15) is 32.1 Å². The summed E-state index contributed by atoms with van der Waals surface area (Å²) in [5.74, 6) is -0.953. The molecule has 1 aliphatic rings. The third-order valence-electron chi connectivity index (χ3n) is 5.93. The molecule has 0 unspecified atom stereocenters. The highest BCUT2D eigenvalue weighted by Crippen LogP contribution is 2.20. The molecule has 170 valence electrons. The summed E-state index contributed by atoms with van der Waals surface area (Å²) in [5, 5.41) is 7.18. The molecular weight excluding hydrogens is 431 g/mol. The summed E-state index contributed by atoms with van der Waals surface area (Å²) in [5.41, 5.74) is 4.19. The summed E-state index contributed by atoms with van der Waals surface area (Å²) in [6.45, 7) is 1.38. The molecule has 0 bridgehead atoms. The number of benzene rings is 3. The third-order valence-corrected chi connectivity index (χ3v) is 5.93. The van der Waals surface area contributed by atoms with Crippen molar-refractivity contribution >= 4 is 11.8 Å². The van der Waals surface area contributed by atoms with Crippen molar-refractivity contribution in [3.8, 4) is 11.1 Å². The Balaban J connectivity index is 1.22. The Morgan fingerprint density at radius 2 is 1.62 bits per heavy atom. The van der Waals surface area contributed by atoms with Gasteiger partial charge in [0.05, 0.1) is 6.54 Å². The zero-order valence-electron chi connectivity index (χ0n) is 18.4. The topological polar surface area (TPSA) is 67.2 Å². The fourth-order valence-corrected chi connectivity index (χ4v) is 4.05. The van der Waals surface area contributed by atoms with Gasteiger partial charge in [0.2, 0.25) is 0 Å². The first-order valence-electron chi connectivity index (χ1n) is 11.1. The molecule has 2 heterocycles. The predicted octanol–water partition coefficient (Wildman–Crippen LogP) is 4.28. The molecule has 1 aliphatic heterocycles. The summed E-state index contributed by atoms with van der Waals surface area (Å²) < 4.78 is 15.5. The molecule has 1 N–H and O–H groups in total. The average Bonchev–Trinajstić information content (AvgIpc) is 3.32. The second-order valence-electron chi connectivity index (χ2n) is 8.20. The maximum Gasteiger partial charge on any atom is 0.272 e. The largest absolute Gasteiger partial charge is 0.347 e. The number of rotatable bonds is 6. The predicted molar refractivity (Wildman–Crippen MR) is 126 cm³/mol. The number of carbonyl (C=O) groups excluding carboxylic acids is 2. The molecule has 34 heavy (non-hydrogen) atoms. The molecule has 7 heteroatoms. The number of fused-ring (bicyclic) bond motifs is 1. The molecule has 4 aromatic rings. The van der Waals surface area contributed by atoms with Gasteiger partial charge in [0.1, 0.15) is 11.5 Å². The van der Waals surface area contributed by atoms with Gasteiger partial charge >= 0.3 is 0 Å². The van der Waals surface area contributed by atoms with Crippen molar-refractivity contribution in [3.05, 3.63) is 113 Å². The highest BCUT2D eigenvalue weighted by molar-refractivity contribution is 5.98. The quantitative estimate of drug-likeness (QED) is 0.473. The number of amides is 2. The first-order valence-corrected chi connectivity index (χ1v) is 11.1. The summed E-state index contributed by atoms with van der Waals surface area (Å²) >= 11 is 0. The van der Waals surface area contributed by atoms with Gasteiger partial charge in [0.15, 0.2) is 5.69 Å². The van der Waals surface area contributed by atoms with E-state index in [4.69, 9.17) is 0 Å². The normalized spacial score (nSPS) is 13.0. The van der Waals surface area contributed by atoms with Gasteiger partial charge in [-0.15, -0.1) is 0 Å². The SMILES string of the molecule is O=C(NCc1ccc(-c2ccccc2)cc1)c1cc2n(n1)CCN(Cc1ccccc1F)C2=O. The number of hydrogen-bond acceptors (Lipinski definition) is 3. The standard InChI is InChI=1S/C27H23FN4O2/c28-23-9-5-4-8-22(23)18-31-14-15-32-25(27(31)34)16-24(30-32)26(33)29-17-19-10-12-21(13-11-19)20-6-2-1-3-7-20/h1-13,16H,14-15,17-18H2,(H,29,33). The minimum absolute atomic E-state index is 0.178.